The second-order valence-corrected chi connectivity index (χ2v) is 6.09. The molecule has 22 heavy (non-hydrogen) atoms. The molecule has 112 valence electrons. The molecule has 1 amide bonds. The fourth-order valence-corrected chi connectivity index (χ4v) is 3.20. The molecule has 0 spiro atoms. The van der Waals surface area contributed by atoms with Crippen molar-refractivity contribution in [3.8, 4) is 0 Å². The van der Waals surface area contributed by atoms with Crippen LogP contribution in [0.25, 0.3) is 0 Å². The predicted molar refractivity (Wildman–Crippen MR) is 90.6 cm³/mol. The van der Waals surface area contributed by atoms with Gasteiger partial charge in [0.25, 0.3) is 0 Å². The maximum Gasteiger partial charge on any atom is 0.227 e. The van der Waals surface area contributed by atoms with E-state index in [2.05, 4.69) is 15.9 Å². The smallest absolute Gasteiger partial charge is 0.227 e. The molecule has 4 heteroatoms. The van der Waals surface area contributed by atoms with Gasteiger partial charge in [-0.2, -0.15) is 0 Å². The Labute approximate surface area is 138 Å². The van der Waals surface area contributed by atoms with Gasteiger partial charge in [-0.25, -0.2) is 0 Å². The largest absolute Gasteiger partial charge is 0.311 e. The van der Waals surface area contributed by atoms with Crippen molar-refractivity contribution >= 4 is 33.3 Å². The molecule has 0 aliphatic carbocycles. The molecule has 3 nitrogen and oxygen atoms in total. The molecule has 1 heterocycles. The summed E-state index contributed by atoms with van der Waals surface area (Å²) in [5.74, 6) is 0.330. The molecule has 0 radical (unpaired) electrons. The van der Waals surface area contributed by atoms with Gasteiger partial charge in [0.2, 0.25) is 5.91 Å². The van der Waals surface area contributed by atoms with Crippen molar-refractivity contribution in [1.82, 2.24) is 0 Å². The summed E-state index contributed by atoms with van der Waals surface area (Å²) in [4.78, 5) is 26.7. The standard InChI is InChI=1S/C18H16BrNO2/c19-11-13-10-17(21)20(12-13)16-9-5-4-8-15(16)18(22)14-6-2-1-3-7-14/h1-9,13H,10-12H2. The number of amides is 1. The van der Waals surface area contributed by atoms with Gasteiger partial charge in [0, 0.05) is 29.4 Å². The fourth-order valence-electron chi connectivity index (χ4n) is 2.76. The minimum atomic E-state index is -0.0497. The summed E-state index contributed by atoms with van der Waals surface area (Å²) in [6.45, 7) is 0.656. The van der Waals surface area contributed by atoms with Gasteiger partial charge in [0.1, 0.15) is 0 Å². The number of hydrogen-bond donors (Lipinski definition) is 0. The van der Waals surface area contributed by atoms with Crippen LogP contribution < -0.4 is 4.90 Å². The van der Waals surface area contributed by atoms with E-state index in [0.717, 1.165) is 5.33 Å². The van der Waals surface area contributed by atoms with E-state index in [1.807, 2.05) is 36.4 Å². The van der Waals surface area contributed by atoms with Crippen molar-refractivity contribution < 1.29 is 9.59 Å². The first kappa shape index (κ1) is 15.0. The van der Waals surface area contributed by atoms with Gasteiger partial charge >= 0.3 is 0 Å². The maximum atomic E-state index is 12.7. The molecule has 0 bridgehead atoms. The van der Waals surface area contributed by atoms with E-state index in [9.17, 15) is 9.59 Å². The number of carbonyl (C=O) groups excluding carboxylic acids is 2. The number of nitrogens with zero attached hydrogens (tertiary/aromatic N) is 1. The first-order valence-corrected chi connectivity index (χ1v) is 8.38. The van der Waals surface area contributed by atoms with Gasteiger partial charge in [-0.05, 0) is 18.1 Å². The highest BCUT2D eigenvalue weighted by Crippen LogP contribution is 2.30. The third-order valence-corrected chi connectivity index (χ3v) is 4.81. The molecule has 0 aromatic heterocycles. The van der Waals surface area contributed by atoms with E-state index in [4.69, 9.17) is 0 Å². The molecule has 1 aliphatic rings. The van der Waals surface area contributed by atoms with Crippen molar-refractivity contribution in [2.24, 2.45) is 5.92 Å². The van der Waals surface area contributed by atoms with E-state index >= 15 is 0 Å². The van der Waals surface area contributed by atoms with Crippen LogP contribution in [0, 0.1) is 5.92 Å². The first-order chi connectivity index (χ1) is 10.7. The zero-order valence-electron chi connectivity index (χ0n) is 12.0. The average Bonchev–Trinajstić information content (AvgIpc) is 2.96. The molecule has 1 saturated heterocycles. The van der Waals surface area contributed by atoms with E-state index in [0.29, 0.717) is 35.7 Å². The molecule has 1 fully saturated rings. The van der Waals surface area contributed by atoms with Crippen LogP contribution >= 0.6 is 15.9 Å². The highest BCUT2D eigenvalue weighted by Gasteiger charge is 2.31. The van der Waals surface area contributed by atoms with Crippen molar-refractivity contribution in [3.63, 3.8) is 0 Å². The number of anilines is 1. The number of hydrogen-bond acceptors (Lipinski definition) is 2. The minimum absolute atomic E-state index is 0.0497. The summed E-state index contributed by atoms with van der Waals surface area (Å²) in [5, 5.41) is 0.796. The van der Waals surface area contributed by atoms with Crippen LogP contribution in [0.1, 0.15) is 22.3 Å². The molecule has 0 saturated carbocycles. The molecule has 1 atom stereocenters. The van der Waals surface area contributed by atoms with E-state index in [-0.39, 0.29) is 11.7 Å². The summed E-state index contributed by atoms with van der Waals surface area (Å²) in [5.41, 5.74) is 1.93. The SMILES string of the molecule is O=C(c1ccccc1)c1ccccc1N1CC(CBr)CC1=O. The minimum Gasteiger partial charge on any atom is -0.311 e. The average molecular weight is 358 g/mol. The number of benzene rings is 2. The number of para-hydroxylation sites is 1. The summed E-state index contributed by atoms with van der Waals surface area (Å²) < 4.78 is 0. The van der Waals surface area contributed by atoms with E-state index in [1.54, 1.807) is 23.1 Å². The second-order valence-electron chi connectivity index (χ2n) is 5.44. The third-order valence-electron chi connectivity index (χ3n) is 3.90. The maximum absolute atomic E-state index is 12.7. The summed E-state index contributed by atoms with van der Waals surface area (Å²) >= 11 is 3.44. The van der Waals surface area contributed by atoms with Crippen LogP contribution in [0.2, 0.25) is 0 Å². The number of rotatable bonds is 4. The lowest BCUT2D eigenvalue weighted by Gasteiger charge is -2.19. The van der Waals surface area contributed by atoms with Crippen LogP contribution in [0.5, 0.6) is 0 Å². The summed E-state index contributed by atoms with van der Waals surface area (Å²) in [6, 6.07) is 16.5. The Balaban J connectivity index is 1.97. The summed E-state index contributed by atoms with van der Waals surface area (Å²) in [7, 11) is 0. The van der Waals surface area contributed by atoms with Crippen molar-refractivity contribution in [2.45, 2.75) is 6.42 Å². The Morgan fingerprint density at radius 2 is 1.77 bits per heavy atom. The van der Waals surface area contributed by atoms with Crippen LogP contribution in [-0.4, -0.2) is 23.6 Å². The Morgan fingerprint density at radius 1 is 1.09 bits per heavy atom. The van der Waals surface area contributed by atoms with Crippen molar-refractivity contribution in [3.05, 3.63) is 65.7 Å². The lowest BCUT2D eigenvalue weighted by molar-refractivity contribution is -0.117. The van der Waals surface area contributed by atoms with Crippen LogP contribution in [-0.2, 0) is 4.79 Å². The fraction of sp³-hybridized carbons (Fsp3) is 0.222. The molecule has 1 unspecified atom stereocenters. The van der Waals surface area contributed by atoms with E-state index in [1.165, 1.54) is 0 Å². The molecular formula is C18H16BrNO2. The van der Waals surface area contributed by atoms with Gasteiger partial charge in [0.05, 0.1) is 5.69 Å². The number of halogens is 1. The van der Waals surface area contributed by atoms with Crippen molar-refractivity contribution in [1.29, 1.82) is 0 Å². The second kappa shape index (κ2) is 6.44. The van der Waals surface area contributed by atoms with Gasteiger partial charge < -0.3 is 4.90 Å². The Hall–Kier alpha value is -1.94. The highest BCUT2D eigenvalue weighted by atomic mass is 79.9. The molecule has 2 aromatic carbocycles. The van der Waals surface area contributed by atoms with E-state index < -0.39 is 0 Å². The predicted octanol–water partition coefficient (Wildman–Crippen LogP) is 3.67. The Bertz CT molecular complexity index is 699. The quantitative estimate of drug-likeness (QED) is 0.618. The Kier molecular flexibility index (Phi) is 4.39. The Morgan fingerprint density at radius 3 is 2.45 bits per heavy atom. The van der Waals surface area contributed by atoms with Gasteiger partial charge in [0.15, 0.2) is 5.78 Å². The van der Waals surface area contributed by atoms with Gasteiger partial charge in [-0.1, -0.05) is 58.4 Å². The number of ketones is 1. The molecule has 2 aromatic rings. The summed E-state index contributed by atoms with van der Waals surface area (Å²) in [6.07, 6.45) is 0.527. The number of carbonyl (C=O) groups is 2. The highest BCUT2D eigenvalue weighted by molar-refractivity contribution is 9.09. The molecule has 3 rings (SSSR count). The van der Waals surface area contributed by atoms with Crippen LogP contribution in [0.15, 0.2) is 54.6 Å². The van der Waals surface area contributed by atoms with Gasteiger partial charge in [-0.3, -0.25) is 9.59 Å². The van der Waals surface area contributed by atoms with Crippen LogP contribution in [0.3, 0.4) is 0 Å². The molecule has 1 aliphatic heterocycles. The normalized spacial score (nSPS) is 17.8. The lowest BCUT2D eigenvalue weighted by Crippen LogP contribution is -2.26. The number of alkyl halides is 1. The van der Waals surface area contributed by atoms with Crippen LogP contribution in [0.4, 0.5) is 5.69 Å². The topological polar surface area (TPSA) is 37.4 Å². The molecule has 0 N–H and O–H groups in total. The monoisotopic (exact) mass is 357 g/mol. The lowest BCUT2D eigenvalue weighted by atomic mass is 10.0. The molecular weight excluding hydrogens is 342 g/mol. The zero-order valence-corrected chi connectivity index (χ0v) is 13.6. The van der Waals surface area contributed by atoms with Gasteiger partial charge in [-0.15, -0.1) is 0 Å². The first-order valence-electron chi connectivity index (χ1n) is 7.26. The van der Waals surface area contributed by atoms with Crippen molar-refractivity contribution in [2.75, 3.05) is 16.8 Å². The third kappa shape index (κ3) is 2.83. The zero-order chi connectivity index (χ0) is 15.5.